The first-order valence-corrected chi connectivity index (χ1v) is 6.06. The highest BCUT2D eigenvalue weighted by Crippen LogP contribution is 2.53. The van der Waals surface area contributed by atoms with Crippen molar-refractivity contribution in [2.75, 3.05) is 6.61 Å². The zero-order chi connectivity index (χ0) is 15.7. The molecule has 0 saturated carbocycles. The van der Waals surface area contributed by atoms with Gasteiger partial charge in [-0.05, 0) is 27.2 Å². The number of rotatable bonds is 3. The Kier molecular flexibility index (Phi) is 4.51. The van der Waals surface area contributed by atoms with E-state index in [0.717, 1.165) is 13.3 Å². The van der Waals surface area contributed by atoms with Gasteiger partial charge in [0.2, 0.25) is 0 Å². The van der Waals surface area contributed by atoms with Crippen molar-refractivity contribution >= 4 is 11.9 Å². The van der Waals surface area contributed by atoms with Crippen molar-refractivity contribution in [3.63, 3.8) is 0 Å². The van der Waals surface area contributed by atoms with Gasteiger partial charge >= 0.3 is 18.1 Å². The first kappa shape index (κ1) is 16.5. The maximum Gasteiger partial charge on any atom is 0.395 e. The average molecular weight is 293 g/mol. The molecule has 1 radical (unpaired) electrons. The molecule has 0 fully saturated rings. The van der Waals surface area contributed by atoms with Gasteiger partial charge in [-0.1, -0.05) is 5.57 Å². The van der Waals surface area contributed by atoms with E-state index >= 15 is 0 Å². The number of carboxylic acid groups (broad SMARTS) is 1. The van der Waals surface area contributed by atoms with Crippen LogP contribution in [0.2, 0.25) is 0 Å². The second kappa shape index (κ2) is 5.46. The zero-order valence-corrected chi connectivity index (χ0v) is 11.4. The highest BCUT2D eigenvalue weighted by molar-refractivity contribution is 5.94. The average Bonchev–Trinajstić information content (AvgIpc) is 2.27. The predicted molar refractivity (Wildman–Crippen MR) is 63.5 cm³/mol. The molecule has 7 heteroatoms. The fourth-order valence-corrected chi connectivity index (χ4v) is 2.32. The molecule has 0 saturated heterocycles. The summed E-state index contributed by atoms with van der Waals surface area (Å²) in [5, 5.41) is 9.05. The standard InChI is InChI=1S/C13H16F3O4/c1-4-20-11(19)8-5-9(10(17)18)12(3,6-7(8)2)13(14,15)16/h5,9H,4,6H2,1-3H3,(H,17,18). The largest absolute Gasteiger partial charge is 0.481 e. The van der Waals surface area contributed by atoms with Gasteiger partial charge in [0.15, 0.2) is 0 Å². The summed E-state index contributed by atoms with van der Waals surface area (Å²) in [4.78, 5) is 22.8. The quantitative estimate of drug-likeness (QED) is 0.813. The van der Waals surface area contributed by atoms with Gasteiger partial charge in [-0.15, -0.1) is 0 Å². The minimum Gasteiger partial charge on any atom is -0.481 e. The molecule has 0 amide bonds. The number of esters is 1. The number of hydrogen-bond donors (Lipinski definition) is 1. The maximum atomic E-state index is 13.2. The van der Waals surface area contributed by atoms with E-state index in [1.807, 2.05) is 0 Å². The molecule has 0 aromatic heterocycles. The number of allylic oxidation sites excluding steroid dienone is 1. The molecule has 113 valence electrons. The van der Waals surface area contributed by atoms with Gasteiger partial charge < -0.3 is 9.84 Å². The molecule has 20 heavy (non-hydrogen) atoms. The number of halogens is 3. The van der Waals surface area contributed by atoms with Gasteiger partial charge in [-0.3, -0.25) is 4.79 Å². The molecule has 1 N–H and O–H groups in total. The van der Waals surface area contributed by atoms with Crippen LogP contribution < -0.4 is 0 Å². The van der Waals surface area contributed by atoms with E-state index in [-0.39, 0.29) is 17.8 Å². The van der Waals surface area contributed by atoms with Crippen LogP contribution in [0, 0.1) is 17.8 Å². The van der Waals surface area contributed by atoms with Crippen LogP contribution in [0.3, 0.4) is 0 Å². The summed E-state index contributed by atoms with van der Waals surface area (Å²) in [6, 6.07) is 0. The van der Waals surface area contributed by atoms with Gasteiger partial charge in [0.1, 0.15) is 0 Å². The lowest BCUT2D eigenvalue weighted by molar-refractivity contribution is -0.236. The van der Waals surface area contributed by atoms with E-state index in [1.165, 1.54) is 6.92 Å². The molecule has 1 aliphatic rings. The van der Waals surface area contributed by atoms with E-state index in [2.05, 4.69) is 0 Å². The monoisotopic (exact) mass is 293 g/mol. The number of carbonyl (C=O) groups excluding carboxylic acids is 1. The minimum absolute atomic E-state index is 0.0672. The summed E-state index contributed by atoms with van der Waals surface area (Å²) in [6.45, 7) is 3.86. The highest BCUT2D eigenvalue weighted by Gasteiger charge is 2.60. The Morgan fingerprint density at radius 2 is 2.05 bits per heavy atom. The molecule has 0 spiro atoms. The third-order valence-electron chi connectivity index (χ3n) is 3.52. The fourth-order valence-electron chi connectivity index (χ4n) is 2.32. The van der Waals surface area contributed by atoms with Gasteiger partial charge in [-0.25, -0.2) is 4.79 Å². The Bertz CT molecular complexity index is 453. The fraction of sp³-hybridized carbons (Fsp3) is 0.615. The van der Waals surface area contributed by atoms with E-state index < -0.39 is 35.9 Å². The van der Waals surface area contributed by atoms with Crippen molar-refractivity contribution in [2.45, 2.75) is 33.4 Å². The lowest BCUT2D eigenvalue weighted by atomic mass is 9.65. The molecule has 2 unspecified atom stereocenters. The molecule has 0 bridgehead atoms. The van der Waals surface area contributed by atoms with Crippen LogP contribution in [0.15, 0.2) is 11.1 Å². The second-order valence-corrected chi connectivity index (χ2v) is 4.99. The number of alkyl halides is 3. The van der Waals surface area contributed by atoms with Crippen molar-refractivity contribution in [1.82, 2.24) is 0 Å². The number of hydrogen-bond acceptors (Lipinski definition) is 3. The van der Waals surface area contributed by atoms with Crippen molar-refractivity contribution in [2.24, 2.45) is 11.3 Å². The van der Waals surface area contributed by atoms with Crippen LogP contribution in [-0.4, -0.2) is 29.8 Å². The number of carboxylic acids is 1. The molecular weight excluding hydrogens is 277 g/mol. The Morgan fingerprint density at radius 3 is 2.45 bits per heavy atom. The molecule has 0 heterocycles. The summed E-state index contributed by atoms with van der Waals surface area (Å²) < 4.78 is 44.2. The first-order chi connectivity index (χ1) is 9.04. The van der Waals surface area contributed by atoms with Gasteiger partial charge in [-0.2, -0.15) is 13.2 Å². The molecule has 1 aliphatic carbocycles. The van der Waals surface area contributed by atoms with Gasteiger partial charge in [0.25, 0.3) is 0 Å². The van der Waals surface area contributed by atoms with Crippen molar-refractivity contribution in [3.05, 3.63) is 17.6 Å². The van der Waals surface area contributed by atoms with Gasteiger partial charge in [0, 0.05) is 12.0 Å². The Hall–Kier alpha value is -1.53. The van der Waals surface area contributed by atoms with Crippen LogP contribution in [-0.2, 0) is 14.3 Å². The number of aliphatic carboxylic acids is 1. The topological polar surface area (TPSA) is 63.6 Å². The van der Waals surface area contributed by atoms with Crippen LogP contribution in [0.25, 0.3) is 0 Å². The second-order valence-electron chi connectivity index (χ2n) is 4.99. The van der Waals surface area contributed by atoms with Crippen molar-refractivity contribution in [1.29, 1.82) is 0 Å². The lowest BCUT2D eigenvalue weighted by Crippen LogP contribution is -2.48. The normalized spacial score (nSPS) is 27.4. The predicted octanol–water partition coefficient (Wildman–Crippen LogP) is 2.74. The summed E-state index contributed by atoms with van der Waals surface area (Å²) in [6.07, 6.45) is -4.38. The Balaban J connectivity index is 3.24. The third-order valence-corrected chi connectivity index (χ3v) is 3.52. The van der Waals surface area contributed by atoms with Crippen LogP contribution in [0.4, 0.5) is 13.2 Å². The SMILES string of the molecule is CCOC(=O)C1=C(C)CC(C)(C(F)(F)F)C(C(=O)O)[CH]1. The first-order valence-electron chi connectivity index (χ1n) is 6.06. The van der Waals surface area contributed by atoms with E-state index in [0.29, 0.717) is 0 Å². The van der Waals surface area contributed by atoms with E-state index in [1.54, 1.807) is 6.92 Å². The summed E-state index contributed by atoms with van der Waals surface area (Å²) in [7, 11) is 0. The lowest BCUT2D eigenvalue weighted by Gasteiger charge is -2.41. The molecule has 0 aromatic rings. The van der Waals surface area contributed by atoms with E-state index in [4.69, 9.17) is 9.84 Å². The molecule has 2 atom stereocenters. The van der Waals surface area contributed by atoms with E-state index in [9.17, 15) is 22.8 Å². The molecule has 1 rings (SSSR count). The number of ether oxygens (including phenoxy) is 1. The van der Waals surface area contributed by atoms with Gasteiger partial charge in [0.05, 0.1) is 17.9 Å². The molecule has 0 aliphatic heterocycles. The number of carbonyl (C=O) groups is 2. The van der Waals surface area contributed by atoms with Crippen molar-refractivity contribution in [3.8, 4) is 0 Å². The maximum absolute atomic E-state index is 13.2. The zero-order valence-electron chi connectivity index (χ0n) is 11.4. The summed E-state index contributed by atoms with van der Waals surface area (Å²) in [5.74, 6) is -4.22. The van der Waals surface area contributed by atoms with Crippen LogP contribution >= 0.6 is 0 Å². The smallest absolute Gasteiger partial charge is 0.395 e. The summed E-state index contributed by atoms with van der Waals surface area (Å²) >= 11 is 0. The third kappa shape index (κ3) is 2.81. The highest BCUT2D eigenvalue weighted by atomic mass is 19.4. The minimum atomic E-state index is -4.69. The van der Waals surface area contributed by atoms with Crippen molar-refractivity contribution < 1.29 is 32.6 Å². The van der Waals surface area contributed by atoms with Crippen LogP contribution in [0.5, 0.6) is 0 Å². The summed E-state index contributed by atoms with van der Waals surface area (Å²) in [5.41, 5.74) is -2.33. The molecule has 4 nitrogen and oxygen atoms in total. The Labute approximate surface area is 114 Å². The Morgan fingerprint density at radius 1 is 1.50 bits per heavy atom. The van der Waals surface area contributed by atoms with Crippen LogP contribution in [0.1, 0.15) is 27.2 Å². The molecular formula is C13H16F3O4. The molecule has 0 aromatic carbocycles.